The van der Waals surface area contributed by atoms with Crippen molar-refractivity contribution in [2.45, 2.75) is 46.1 Å². The Morgan fingerprint density at radius 1 is 1.15 bits per heavy atom. The molecule has 0 heterocycles. The highest BCUT2D eigenvalue weighted by molar-refractivity contribution is 5.29. The number of halogens is 2. The molecule has 0 amide bonds. The van der Waals surface area contributed by atoms with Gasteiger partial charge < -0.3 is 0 Å². The van der Waals surface area contributed by atoms with Gasteiger partial charge in [0.25, 0.3) is 0 Å². The van der Waals surface area contributed by atoms with Crippen molar-refractivity contribution in [2.24, 2.45) is 23.6 Å². The molecule has 3 atom stereocenters. The molecular formula is C16H24F2N2. The molecule has 0 radical (unpaired) electrons. The molecule has 1 aliphatic rings. The third-order valence-electron chi connectivity index (χ3n) is 4.50. The minimum Gasteiger partial charge on any atom is -0.271 e. The van der Waals surface area contributed by atoms with Gasteiger partial charge in [0.2, 0.25) is 0 Å². The number of hydrazine groups is 1. The number of nitrogens with one attached hydrogen (secondary N) is 1. The molecule has 3 unspecified atom stereocenters. The summed E-state index contributed by atoms with van der Waals surface area (Å²) in [7, 11) is 0. The van der Waals surface area contributed by atoms with Crippen molar-refractivity contribution in [3.63, 3.8) is 0 Å². The van der Waals surface area contributed by atoms with E-state index < -0.39 is 17.7 Å². The minimum atomic E-state index is -0.512. The van der Waals surface area contributed by atoms with Crippen molar-refractivity contribution in [3.8, 4) is 0 Å². The third kappa shape index (κ3) is 3.01. The zero-order valence-electron chi connectivity index (χ0n) is 12.4. The summed E-state index contributed by atoms with van der Waals surface area (Å²) in [5, 5.41) is 0. The molecule has 112 valence electrons. The van der Waals surface area contributed by atoms with Gasteiger partial charge in [-0.25, -0.2) is 8.78 Å². The quantitative estimate of drug-likeness (QED) is 0.653. The number of hydrogen-bond donors (Lipinski definition) is 2. The molecule has 1 aliphatic carbocycles. The Morgan fingerprint density at radius 3 is 2.30 bits per heavy atom. The van der Waals surface area contributed by atoms with Crippen molar-refractivity contribution in [1.29, 1.82) is 0 Å². The molecule has 0 aliphatic heterocycles. The van der Waals surface area contributed by atoms with Gasteiger partial charge in [0.05, 0.1) is 6.04 Å². The van der Waals surface area contributed by atoms with Crippen molar-refractivity contribution in [3.05, 3.63) is 34.9 Å². The van der Waals surface area contributed by atoms with Crippen LogP contribution in [0.2, 0.25) is 0 Å². The SMILES string of the molecule is Cc1ccc(F)c(C(NN)C2CC(C)CC(C)C2)c1F. The van der Waals surface area contributed by atoms with Gasteiger partial charge in [-0.3, -0.25) is 11.3 Å². The fraction of sp³-hybridized carbons (Fsp3) is 0.625. The molecular weight excluding hydrogens is 258 g/mol. The van der Waals surface area contributed by atoms with Gasteiger partial charge in [0.1, 0.15) is 11.6 Å². The van der Waals surface area contributed by atoms with Gasteiger partial charge in [0.15, 0.2) is 0 Å². The van der Waals surface area contributed by atoms with Crippen LogP contribution in [-0.4, -0.2) is 0 Å². The normalized spacial score (nSPS) is 28.4. The van der Waals surface area contributed by atoms with E-state index in [-0.39, 0.29) is 11.5 Å². The van der Waals surface area contributed by atoms with Crippen molar-refractivity contribution in [1.82, 2.24) is 5.43 Å². The van der Waals surface area contributed by atoms with Crippen molar-refractivity contribution >= 4 is 0 Å². The zero-order valence-corrected chi connectivity index (χ0v) is 12.4. The molecule has 0 aromatic heterocycles. The smallest absolute Gasteiger partial charge is 0.133 e. The molecule has 2 nitrogen and oxygen atoms in total. The van der Waals surface area contributed by atoms with Gasteiger partial charge in [-0.15, -0.1) is 0 Å². The van der Waals surface area contributed by atoms with E-state index in [0.717, 1.165) is 12.8 Å². The van der Waals surface area contributed by atoms with Crippen LogP contribution in [0.15, 0.2) is 12.1 Å². The molecule has 0 bridgehead atoms. The van der Waals surface area contributed by atoms with E-state index in [0.29, 0.717) is 17.4 Å². The number of nitrogens with two attached hydrogens (primary N) is 1. The van der Waals surface area contributed by atoms with Crippen molar-refractivity contribution in [2.75, 3.05) is 0 Å². The lowest BCUT2D eigenvalue weighted by atomic mass is 9.72. The van der Waals surface area contributed by atoms with Gasteiger partial charge >= 0.3 is 0 Å². The van der Waals surface area contributed by atoms with E-state index in [2.05, 4.69) is 19.3 Å². The molecule has 0 saturated heterocycles. The predicted octanol–water partition coefficient (Wildman–Crippen LogP) is 3.85. The molecule has 1 fully saturated rings. The van der Waals surface area contributed by atoms with E-state index in [9.17, 15) is 8.78 Å². The Balaban J connectivity index is 2.35. The molecule has 0 spiro atoms. The van der Waals surface area contributed by atoms with Crippen LogP contribution in [0.3, 0.4) is 0 Å². The summed E-state index contributed by atoms with van der Waals surface area (Å²) >= 11 is 0. The van der Waals surface area contributed by atoms with E-state index >= 15 is 0 Å². The Labute approximate surface area is 119 Å². The highest BCUT2D eigenvalue weighted by Crippen LogP contribution is 2.41. The summed E-state index contributed by atoms with van der Waals surface area (Å²) in [5.74, 6) is 5.95. The molecule has 20 heavy (non-hydrogen) atoms. The van der Waals surface area contributed by atoms with Crippen LogP contribution >= 0.6 is 0 Å². The fourth-order valence-electron chi connectivity index (χ4n) is 3.70. The summed E-state index contributed by atoms with van der Waals surface area (Å²) in [6.45, 7) is 6.04. The maximum Gasteiger partial charge on any atom is 0.133 e. The summed E-state index contributed by atoms with van der Waals surface area (Å²) in [6.07, 6.45) is 3.07. The first-order valence-electron chi connectivity index (χ1n) is 7.34. The average Bonchev–Trinajstić information content (AvgIpc) is 2.38. The summed E-state index contributed by atoms with van der Waals surface area (Å²) in [6, 6.07) is 2.34. The number of rotatable bonds is 3. The molecule has 3 N–H and O–H groups in total. The van der Waals surface area contributed by atoms with Crippen LogP contribution in [0, 0.1) is 36.3 Å². The fourth-order valence-corrected chi connectivity index (χ4v) is 3.70. The van der Waals surface area contributed by atoms with Crippen LogP contribution in [-0.2, 0) is 0 Å². The first-order chi connectivity index (χ1) is 9.43. The molecule has 1 aromatic rings. The maximum absolute atomic E-state index is 14.3. The van der Waals surface area contributed by atoms with Gasteiger partial charge in [-0.1, -0.05) is 19.9 Å². The van der Waals surface area contributed by atoms with Crippen LogP contribution in [0.1, 0.15) is 50.3 Å². The molecule has 1 saturated carbocycles. The van der Waals surface area contributed by atoms with Gasteiger partial charge in [-0.2, -0.15) is 0 Å². The molecule has 2 rings (SSSR count). The lowest BCUT2D eigenvalue weighted by Crippen LogP contribution is -2.38. The van der Waals surface area contributed by atoms with Crippen LogP contribution in [0.4, 0.5) is 8.78 Å². The number of hydrogen-bond acceptors (Lipinski definition) is 2. The monoisotopic (exact) mass is 282 g/mol. The zero-order chi connectivity index (χ0) is 14.9. The van der Waals surface area contributed by atoms with Gasteiger partial charge in [0, 0.05) is 5.56 Å². The largest absolute Gasteiger partial charge is 0.271 e. The summed E-state index contributed by atoms with van der Waals surface area (Å²) in [5.41, 5.74) is 3.21. The minimum absolute atomic E-state index is 0.0961. The average molecular weight is 282 g/mol. The second-order valence-corrected chi connectivity index (χ2v) is 6.41. The highest BCUT2D eigenvalue weighted by Gasteiger charge is 2.33. The van der Waals surface area contributed by atoms with Crippen molar-refractivity contribution < 1.29 is 8.78 Å². The lowest BCUT2D eigenvalue weighted by Gasteiger charge is -2.36. The molecule has 4 heteroatoms. The van der Waals surface area contributed by atoms with Crippen LogP contribution in [0.5, 0.6) is 0 Å². The second-order valence-electron chi connectivity index (χ2n) is 6.41. The summed E-state index contributed by atoms with van der Waals surface area (Å²) in [4.78, 5) is 0. The maximum atomic E-state index is 14.3. The van der Waals surface area contributed by atoms with E-state index in [1.807, 2.05) is 0 Å². The summed E-state index contributed by atoms with van der Waals surface area (Å²) < 4.78 is 28.4. The van der Waals surface area contributed by atoms with Gasteiger partial charge in [-0.05, 0) is 55.6 Å². The van der Waals surface area contributed by atoms with E-state index in [1.165, 1.54) is 18.6 Å². The number of benzene rings is 1. The first-order valence-corrected chi connectivity index (χ1v) is 7.34. The standard InChI is InChI=1S/C16H24F2N2/c1-9-6-10(2)8-12(7-9)16(20-19)14-13(17)5-4-11(3)15(14)18/h4-5,9-10,12,16,20H,6-8,19H2,1-3H3. The van der Waals surface area contributed by atoms with E-state index in [1.54, 1.807) is 6.92 Å². The van der Waals surface area contributed by atoms with E-state index in [4.69, 9.17) is 5.84 Å². The highest BCUT2D eigenvalue weighted by atomic mass is 19.1. The van der Waals surface area contributed by atoms with Crippen LogP contribution < -0.4 is 11.3 Å². The topological polar surface area (TPSA) is 38.0 Å². The lowest BCUT2D eigenvalue weighted by molar-refractivity contribution is 0.172. The Kier molecular flexibility index (Phi) is 4.76. The Bertz CT molecular complexity index is 466. The Morgan fingerprint density at radius 2 is 1.75 bits per heavy atom. The first kappa shape index (κ1) is 15.4. The third-order valence-corrected chi connectivity index (χ3v) is 4.50. The van der Waals surface area contributed by atoms with Crippen LogP contribution in [0.25, 0.3) is 0 Å². The predicted molar refractivity (Wildman–Crippen MR) is 76.8 cm³/mol. The second kappa shape index (κ2) is 6.19. The number of aryl methyl sites for hydroxylation is 1. The molecule has 1 aromatic carbocycles. The Hall–Kier alpha value is -1.00.